The lowest BCUT2D eigenvalue weighted by Gasteiger charge is -2.34. The molecule has 2 nitrogen and oxygen atoms in total. The molecule has 0 spiro atoms. The van der Waals surface area contributed by atoms with Crippen molar-refractivity contribution in [2.45, 2.75) is 69.6 Å². The van der Waals surface area contributed by atoms with E-state index in [0.29, 0.717) is 6.04 Å². The van der Waals surface area contributed by atoms with E-state index in [4.69, 9.17) is 0 Å². The van der Waals surface area contributed by atoms with Gasteiger partial charge in [0.25, 0.3) is 0 Å². The first-order chi connectivity index (χ1) is 7.33. The lowest BCUT2D eigenvalue weighted by Crippen LogP contribution is -2.48. The van der Waals surface area contributed by atoms with E-state index in [-0.39, 0.29) is 6.10 Å². The Morgan fingerprint density at radius 1 is 0.867 bits per heavy atom. The Labute approximate surface area is 92.4 Å². The first kappa shape index (κ1) is 10.1. The molecule has 3 aliphatic rings. The average Bonchev–Trinajstić information content (AvgIpc) is 2.83. The molecule has 5 atom stereocenters. The molecule has 3 aliphatic carbocycles. The molecule has 3 unspecified atom stereocenters. The smallest absolute Gasteiger partial charge is 0.0693 e. The van der Waals surface area contributed by atoms with E-state index in [1.54, 1.807) is 0 Å². The second-order valence-electron chi connectivity index (χ2n) is 5.91. The molecule has 0 saturated heterocycles. The van der Waals surface area contributed by atoms with E-state index in [0.717, 1.165) is 24.3 Å². The summed E-state index contributed by atoms with van der Waals surface area (Å²) in [5, 5.41) is 13.7. The predicted molar refractivity (Wildman–Crippen MR) is 60.6 cm³/mol. The minimum atomic E-state index is -0.0714. The van der Waals surface area contributed by atoms with Gasteiger partial charge < -0.3 is 10.4 Å². The Kier molecular flexibility index (Phi) is 2.73. The molecule has 3 saturated carbocycles. The molecule has 3 rings (SSSR count). The van der Waals surface area contributed by atoms with Crippen LogP contribution in [-0.2, 0) is 0 Å². The Hall–Kier alpha value is -0.0800. The molecule has 2 N–H and O–H groups in total. The number of rotatable bonds is 2. The third-order valence-corrected chi connectivity index (χ3v) is 4.90. The van der Waals surface area contributed by atoms with E-state index in [2.05, 4.69) is 5.32 Å². The van der Waals surface area contributed by atoms with Gasteiger partial charge in [0, 0.05) is 12.1 Å². The number of hydrogen-bond acceptors (Lipinski definition) is 2. The maximum absolute atomic E-state index is 9.94. The van der Waals surface area contributed by atoms with Crippen molar-refractivity contribution in [3.8, 4) is 0 Å². The number of nitrogens with one attached hydrogen (secondary N) is 1. The summed E-state index contributed by atoms with van der Waals surface area (Å²) in [6.45, 7) is 0. The van der Waals surface area contributed by atoms with Crippen molar-refractivity contribution in [3.05, 3.63) is 0 Å². The molecule has 0 heterocycles. The van der Waals surface area contributed by atoms with E-state index in [1.165, 1.54) is 44.9 Å². The summed E-state index contributed by atoms with van der Waals surface area (Å²) in [5.41, 5.74) is 0. The molecule has 2 heteroatoms. The predicted octanol–water partition coefficient (Wildman–Crippen LogP) is 2.07. The van der Waals surface area contributed by atoms with Gasteiger partial charge in [-0.2, -0.15) is 0 Å². The number of fused-ring (bicyclic) bond motifs is 2. The molecule has 15 heavy (non-hydrogen) atoms. The number of hydrogen-bond donors (Lipinski definition) is 2. The second-order valence-corrected chi connectivity index (χ2v) is 5.91. The second kappa shape index (κ2) is 4.06. The molecule has 0 aromatic heterocycles. The fraction of sp³-hybridized carbons (Fsp3) is 1.00. The van der Waals surface area contributed by atoms with Crippen LogP contribution in [0.4, 0.5) is 0 Å². The largest absolute Gasteiger partial charge is 0.392 e. The summed E-state index contributed by atoms with van der Waals surface area (Å²) in [6.07, 6.45) is 10.4. The van der Waals surface area contributed by atoms with E-state index >= 15 is 0 Å². The van der Waals surface area contributed by atoms with Crippen molar-refractivity contribution in [2.24, 2.45) is 11.8 Å². The summed E-state index contributed by atoms with van der Waals surface area (Å²) < 4.78 is 0. The summed E-state index contributed by atoms with van der Waals surface area (Å²) in [6, 6.07) is 1.14. The van der Waals surface area contributed by atoms with Gasteiger partial charge in [-0.3, -0.25) is 0 Å². The van der Waals surface area contributed by atoms with Crippen LogP contribution < -0.4 is 5.32 Å². The number of aliphatic hydroxyl groups is 1. The summed E-state index contributed by atoms with van der Waals surface area (Å²) in [4.78, 5) is 0. The van der Waals surface area contributed by atoms with E-state index < -0.39 is 0 Å². The molecule has 0 radical (unpaired) electrons. The lowest BCUT2D eigenvalue weighted by atomic mass is 9.89. The molecule has 3 fully saturated rings. The SMILES string of the molecule is O[C@@H]1CCCC[C@H]1NC1CC2CCC1C2. The first-order valence-corrected chi connectivity index (χ1v) is 6.77. The highest BCUT2D eigenvalue weighted by molar-refractivity contribution is 4.96. The molecule has 0 amide bonds. The van der Waals surface area contributed by atoms with Crippen LogP contribution in [0.1, 0.15) is 51.4 Å². The minimum absolute atomic E-state index is 0.0714. The van der Waals surface area contributed by atoms with Gasteiger partial charge in [-0.05, 0) is 43.9 Å². The highest BCUT2D eigenvalue weighted by atomic mass is 16.3. The Balaban J connectivity index is 1.56. The van der Waals surface area contributed by atoms with Crippen LogP contribution in [0.25, 0.3) is 0 Å². The Morgan fingerprint density at radius 2 is 1.73 bits per heavy atom. The molecular formula is C13H23NO. The van der Waals surface area contributed by atoms with Crippen molar-refractivity contribution in [1.29, 1.82) is 0 Å². The minimum Gasteiger partial charge on any atom is -0.392 e. The zero-order valence-electron chi connectivity index (χ0n) is 9.49. The quantitative estimate of drug-likeness (QED) is 0.729. The van der Waals surface area contributed by atoms with Gasteiger partial charge in [-0.15, -0.1) is 0 Å². The topological polar surface area (TPSA) is 32.3 Å². The van der Waals surface area contributed by atoms with Crippen LogP contribution in [0.2, 0.25) is 0 Å². The number of aliphatic hydroxyl groups excluding tert-OH is 1. The van der Waals surface area contributed by atoms with Gasteiger partial charge in [0.05, 0.1) is 6.10 Å². The molecule has 86 valence electrons. The van der Waals surface area contributed by atoms with Crippen molar-refractivity contribution in [1.82, 2.24) is 5.32 Å². The average molecular weight is 209 g/mol. The zero-order chi connectivity index (χ0) is 10.3. The van der Waals surface area contributed by atoms with Gasteiger partial charge in [-0.1, -0.05) is 19.3 Å². The van der Waals surface area contributed by atoms with Crippen LogP contribution in [0.3, 0.4) is 0 Å². The molecule has 0 aromatic rings. The normalized spacial score (nSPS) is 49.8. The van der Waals surface area contributed by atoms with Crippen LogP contribution >= 0.6 is 0 Å². The maximum atomic E-state index is 9.94. The summed E-state index contributed by atoms with van der Waals surface area (Å²) in [5.74, 6) is 1.94. The van der Waals surface area contributed by atoms with Crippen LogP contribution in [0, 0.1) is 11.8 Å². The van der Waals surface area contributed by atoms with Gasteiger partial charge in [0.2, 0.25) is 0 Å². The highest BCUT2D eigenvalue weighted by Gasteiger charge is 2.40. The van der Waals surface area contributed by atoms with Crippen molar-refractivity contribution in [2.75, 3.05) is 0 Å². The van der Waals surface area contributed by atoms with E-state index in [9.17, 15) is 5.11 Å². The Bertz CT molecular complexity index is 231. The van der Waals surface area contributed by atoms with Gasteiger partial charge in [0.1, 0.15) is 0 Å². The highest BCUT2D eigenvalue weighted by Crippen LogP contribution is 2.44. The third-order valence-electron chi connectivity index (χ3n) is 4.90. The monoisotopic (exact) mass is 209 g/mol. The standard InChI is InChI=1S/C13H23NO/c15-13-4-2-1-3-11(13)14-12-8-9-5-6-10(12)7-9/h9-15H,1-8H2/t9?,10?,11-,12?,13-/m1/s1. The van der Waals surface area contributed by atoms with Crippen molar-refractivity contribution in [3.63, 3.8) is 0 Å². The van der Waals surface area contributed by atoms with Gasteiger partial charge >= 0.3 is 0 Å². The lowest BCUT2D eigenvalue weighted by molar-refractivity contribution is 0.0799. The van der Waals surface area contributed by atoms with E-state index in [1.807, 2.05) is 0 Å². The van der Waals surface area contributed by atoms with Crippen molar-refractivity contribution >= 4 is 0 Å². The molecule has 0 aromatic carbocycles. The van der Waals surface area contributed by atoms with Crippen molar-refractivity contribution < 1.29 is 5.11 Å². The molecule has 0 aliphatic heterocycles. The zero-order valence-corrected chi connectivity index (χ0v) is 9.49. The third kappa shape index (κ3) is 1.94. The molecular weight excluding hydrogens is 186 g/mol. The molecule has 2 bridgehead atoms. The fourth-order valence-corrected chi connectivity index (χ4v) is 4.03. The summed E-state index contributed by atoms with van der Waals surface area (Å²) in [7, 11) is 0. The van der Waals surface area contributed by atoms with Gasteiger partial charge in [0.15, 0.2) is 0 Å². The fourth-order valence-electron chi connectivity index (χ4n) is 4.03. The van der Waals surface area contributed by atoms with Gasteiger partial charge in [-0.25, -0.2) is 0 Å². The Morgan fingerprint density at radius 3 is 2.40 bits per heavy atom. The van der Waals surface area contributed by atoms with Crippen LogP contribution in [0.15, 0.2) is 0 Å². The van der Waals surface area contributed by atoms with Crippen LogP contribution in [0.5, 0.6) is 0 Å². The summed E-state index contributed by atoms with van der Waals surface area (Å²) >= 11 is 0. The van der Waals surface area contributed by atoms with Crippen LogP contribution in [-0.4, -0.2) is 23.3 Å². The first-order valence-electron chi connectivity index (χ1n) is 6.77. The maximum Gasteiger partial charge on any atom is 0.0693 e.